The van der Waals surface area contributed by atoms with Crippen LogP contribution in [0.2, 0.25) is 0 Å². The molecule has 0 aliphatic carbocycles. The van der Waals surface area contributed by atoms with E-state index >= 15 is 0 Å². The molecule has 8 heteroatoms. The fourth-order valence-electron chi connectivity index (χ4n) is 2.32. The van der Waals surface area contributed by atoms with Gasteiger partial charge in [0.1, 0.15) is 5.01 Å². The number of hydrogen-bond donors (Lipinski definition) is 1. The maximum Gasteiger partial charge on any atom is 0.211 e. The third-order valence-electron chi connectivity index (χ3n) is 3.49. The molecule has 0 amide bonds. The average molecular weight is 332 g/mol. The Labute approximate surface area is 131 Å². The largest absolute Gasteiger partial charge is 0.310 e. The highest BCUT2D eigenvalue weighted by Crippen LogP contribution is 2.14. The summed E-state index contributed by atoms with van der Waals surface area (Å²) in [6.45, 7) is 7.50. The lowest BCUT2D eigenvalue weighted by atomic mass is 10.3. The summed E-state index contributed by atoms with van der Waals surface area (Å²) in [4.78, 5) is 6.89. The van der Waals surface area contributed by atoms with E-state index in [0.717, 1.165) is 49.8 Å². The van der Waals surface area contributed by atoms with E-state index in [9.17, 15) is 8.42 Å². The Morgan fingerprint density at radius 2 is 2.05 bits per heavy atom. The predicted molar refractivity (Wildman–Crippen MR) is 85.8 cm³/mol. The topological polar surface area (TPSA) is 65.5 Å². The van der Waals surface area contributed by atoms with Crippen molar-refractivity contribution in [2.45, 2.75) is 26.4 Å². The highest BCUT2D eigenvalue weighted by molar-refractivity contribution is 7.88. The van der Waals surface area contributed by atoms with Gasteiger partial charge in [-0.15, -0.1) is 11.3 Å². The molecule has 1 aliphatic rings. The Hall–Kier alpha value is -0.540. The number of hydrogen-bond acceptors (Lipinski definition) is 6. The molecule has 1 aromatic rings. The van der Waals surface area contributed by atoms with E-state index in [2.05, 4.69) is 27.5 Å². The minimum atomic E-state index is -3.05. The van der Waals surface area contributed by atoms with E-state index in [-0.39, 0.29) is 0 Å². The molecule has 120 valence electrons. The number of rotatable bonds is 7. The molecule has 6 nitrogen and oxygen atoms in total. The first kappa shape index (κ1) is 16.8. The number of nitrogens with one attached hydrogen (secondary N) is 1. The molecule has 0 bridgehead atoms. The van der Waals surface area contributed by atoms with Crippen molar-refractivity contribution < 1.29 is 8.42 Å². The van der Waals surface area contributed by atoms with Crippen molar-refractivity contribution in [3.05, 3.63) is 16.1 Å². The zero-order valence-electron chi connectivity index (χ0n) is 12.7. The number of piperazine rings is 1. The minimum Gasteiger partial charge on any atom is -0.310 e. The number of aromatic nitrogens is 1. The maximum absolute atomic E-state index is 11.5. The van der Waals surface area contributed by atoms with Crippen LogP contribution in [-0.2, 0) is 23.1 Å². The van der Waals surface area contributed by atoms with Gasteiger partial charge in [-0.05, 0) is 13.0 Å². The maximum atomic E-state index is 11.5. The van der Waals surface area contributed by atoms with Crippen LogP contribution in [0.3, 0.4) is 0 Å². The molecule has 2 rings (SSSR count). The van der Waals surface area contributed by atoms with E-state index in [4.69, 9.17) is 0 Å². The van der Waals surface area contributed by atoms with Crippen LogP contribution in [0.5, 0.6) is 0 Å². The summed E-state index contributed by atoms with van der Waals surface area (Å²) in [5.41, 5.74) is 1.08. The predicted octanol–water partition coefficient (Wildman–Crippen LogP) is 0.720. The van der Waals surface area contributed by atoms with Gasteiger partial charge >= 0.3 is 0 Å². The molecular weight excluding hydrogens is 308 g/mol. The summed E-state index contributed by atoms with van der Waals surface area (Å²) in [6, 6.07) is 0. The van der Waals surface area contributed by atoms with Crippen LogP contribution in [0.1, 0.15) is 24.0 Å². The molecule has 1 N–H and O–H groups in total. The van der Waals surface area contributed by atoms with E-state index < -0.39 is 10.0 Å². The van der Waals surface area contributed by atoms with E-state index in [1.807, 2.05) is 0 Å². The Morgan fingerprint density at radius 3 is 2.67 bits per heavy atom. The van der Waals surface area contributed by atoms with Crippen LogP contribution >= 0.6 is 11.3 Å². The molecule has 1 aromatic heterocycles. The van der Waals surface area contributed by atoms with Gasteiger partial charge in [-0.2, -0.15) is 4.31 Å². The summed E-state index contributed by atoms with van der Waals surface area (Å²) < 4.78 is 24.5. The van der Waals surface area contributed by atoms with Crippen molar-refractivity contribution in [1.29, 1.82) is 0 Å². The fraction of sp³-hybridized carbons (Fsp3) is 0.769. The Balaban J connectivity index is 1.78. The van der Waals surface area contributed by atoms with Crippen molar-refractivity contribution in [3.8, 4) is 0 Å². The first-order chi connectivity index (χ1) is 9.99. The molecule has 2 heterocycles. The molecule has 0 saturated carbocycles. The van der Waals surface area contributed by atoms with Gasteiger partial charge in [-0.3, -0.25) is 4.90 Å². The molecule has 0 unspecified atom stereocenters. The lowest BCUT2D eigenvalue weighted by Gasteiger charge is -2.32. The average Bonchev–Trinajstić information content (AvgIpc) is 2.86. The second kappa shape index (κ2) is 7.64. The summed E-state index contributed by atoms with van der Waals surface area (Å²) >= 11 is 1.69. The van der Waals surface area contributed by atoms with E-state index in [0.29, 0.717) is 13.1 Å². The van der Waals surface area contributed by atoms with Crippen molar-refractivity contribution in [3.63, 3.8) is 0 Å². The number of sulfonamides is 1. The normalized spacial score (nSPS) is 18.2. The van der Waals surface area contributed by atoms with E-state index in [1.54, 1.807) is 15.6 Å². The Bertz CT molecular complexity index is 536. The zero-order chi connectivity index (χ0) is 15.3. The first-order valence-corrected chi connectivity index (χ1v) is 10.0. The third kappa shape index (κ3) is 5.30. The van der Waals surface area contributed by atoms with Crippen molar-refractivity contribution >= 4 is 21.4 Å². The smallest absolute Gasteiger partial charge is 0.211 e. The van der Waals surface area contributed by atoms with E-state index in [1.165, 1.54) is 6.26 Å². The molecule has 0 atom stereocenters. The highest BCUT2D eigenvalue weighted by Gasteiger charge is 2.23. The molecular formula is C13H24N4O2S2. The number of nitrogens with zero attached hydrogens (tertiary/aromatic N) is 3. The lowest BCUT2D eigenvalue weighted by Crippen LogP contribution is -2.47. The number of thiazole rings is 1. The van der Waals surface area contributed by atoms with Gasteiger partial charge in [0.25, 0.3) is 0 Å². The van der Waals surface area contributed by atoms with Crippen LogP contribution in [0.15, 0.2) is 5.38 Å². The van der Waals surface area contributed by atoms with Crippen molar-refractivity contribution in [1.82, 2.24) is 19.5 Å². The summed E-state index contributed by atoms with van der Waals surface area (Å²) in [7, 11) is -3.05. The second-order valence-corrected chi connectivity index (χ2v) is 8.27. The lowest BCUT2D eigenvalue weighted by molar-refractivity contribution is 0.180. The Kier molecular flexibility index (Phi) is 6.12. The summed E-state index contributed by atoms with van der Waals surface area (Å²) in [5, 5.41) is 6.57. The third-order valence-corrected chi connectivity index (χ3v) is 5.69. The Morgan fingerprint density at radius 1 is 1.33 bits per heavy atom. The summed E-state index contributed by atoms with van der Waals surface area (Å²) in [5.74, 6) is 0. The van der Waals surface area contributed by atoms with Crippen LogP contribution in [0.25, 0.3) is 0 Å². The van der Waals surface area contributed by atoms with Crippen molar-refractivity contribution in [2.24, 2.45) is 0 Å². The zero-order valence-corrected chi connectivity index (χ0v) is 14.3. The van der Waals surface area contributed by atoms with Gasteiger partial charge in [0.05, 0.1) is 11.9 Å². The SMILES string of the molecule is CCCNCc1nc(CN2CCN(S(C)(=O)=O)CC2)cs1. The van der Waals surface area contributed by atoms with Crippen LogP contribution in [0.4, 0.5) is 0 Å². The fourth-order valence-corrected chi connectivity index (χ4v) is 3.90. The van der Waals surface area contributed by atoms with Gasteiger partial charge in [0, 0.05) is 44.6 Å². The van der Waals surface area contributed by atoms with Gasteiger partial charge in [0.2, 0.25) is 10.0 Å². The minimum absolute atomic E-state index is 0.577. The summed E-state index contributed by atoms with van der Waals surface area (Å²) in [6.07, 6.45) is 2.40. The molecule has 0 radical (unpaired) electrons. The molecule has 0 spiro atoms. The standard InChI is InChI=1S/C13H24N4O2S2/c1-3-4-14-9-13-15-12(11-20-13)10-16-5-7-17(8-6-16)21(2,18)19/h11,14H,3-10H2,1-2H3. The molecule has 1 saturated heterocycles. The second-order valence-electron chi connectivity index (χ2n) is 5.35. The quantitative estimate of drug-likeness (QED) is 0.746. The molecule has 1 fully saturated rings. The monoisotopic (exact) mass is 332 g/mol. The molecule has 1 aliphatic heterocycles. The van der Waals surface area contributed by atoms with Gasteiger partial charge in [0.15, 0.2) is 0 Å². The van der Waals surface area contributed by atoms with Gasteiger partial charge in [-0.1, -0.05) is 6.92 Å². The van der Waals surface area contributed by atoms with Crippen molar-refractivity contribution in [2.75, 3.05) is 39.0 Å². The van der Waals surface area contributed by atoms with Gasteiger partial charge < -0.3 is 5.32 Å². The first-order valence-electron chi connectivity index (χ1n) is 7.30. The highest BCUT2D eigenvalue weighted by atomic mass is 32.2. The molecule has 0 aromatic carbocycles. The van der Waals surface area contributed by atoms with Crippen LogP contribution in [-0.4, -0.2) is 61.6 Å². The van der Waals surface area contributed by atoms with Crippen LogP contribution in [0, 0.1) is 0 Å². The molecule has 21 heavy (non-hydrogen) atoms. The van der Waals surface area contributed by atoms with Gasteiger partial charge in [-0.25, -0.2) is 13.4 Å². The van der Waals surface area contributed by atoms with Crippen LogP contribution < -0.4 is 5.32 Å².